The van der Waals surface area contributed by atoms with Crippen LogP contribution in [0.3, 0.4) is 0 Å². The topological polar surface area (TPSA) is 109 Å². The summed E-state index contributed by atoms with van der Waals surface area (Å²) in [5.41, 5.74) is 6.92. The minimum Gasteiger partial charge on any atom is -0.377 e. The van der Waals surface area contributed by atoms with Gasteiger partial charge in [-0.15, -0.1) is 0 Å². The zero-order chi connectivity index (χ0) is 24.2. The maximum Gasteiger partial charge on any atom is 0.254 e. The Morgan fingerprint density at radius 1 is 1.17 bits per heavy atom. The fraction of sp³-hybridized carbons (Fsp3) is 0.308. The second-order valence-corrected chi connectivity index (χ2v) is 9.42. The molecule has 4 aromatic heterocycles. The van der Waals surface area contributed by atoms with Crippen molar-refractivity contribution >= 4 is 34.1 Å². The van der Waals surface area contributed by atoms with Gasteiger partial charge in [0.15, 0.2) is 0 Å². The summed E-state index contributed by atoms with van der Waals surface area (Å²) < 4.78 is 7.65. The summed E-state index contributed by atoms with van der Waals surface area (Å²) in [5, 5.41) is 10.8. The maximum atomic E-state index is 12.9. The van der Waals surface area contributed by atoms with Gasteiger partial charge in [0.25, 0.3) is 5.91 Å². The number of hydrogen-bond donors (Lipinski definition) is 3. The van der Waals surface area contributed by atoms with Crippen molar-refractivity contribution in [2.75, 3.05) is 36.5 Å². The Kier molecular flexibility index (Phi) is 4.90. The van der Waals surface area contributed by atoms with E-state index in [1.165, 1.54) is 0 Å². The van der Waals surface area contributed by atoms with Crippen molar-refractivity contribution < 1.29 is 9.53 Å². The molecule has 182 valence electrons. The molecule has 1 saturated heterocycles. The number of hydrogen-bond acceptors (Lipinski definition) is 8. The van der Waals surface area contributed by atoms with Gasteiger partial charge in [0, 0.05) is 62.1 Å². The molecule has 0 radical (unpaired) electrons. The van der Waals surface area contributed by atoms with E-state index in [1.54, 1.807) is 12.4 Å². The van der Waals surface area contributed by atoms with Crippen LogP contribution in [0.4, 0.5) is 17.2 Å². The number of ether oxygens (including phenoxy) is 1. The number of pyridine rings is 3. The third-order valence-electron chi connectivity index (χ3n) is 7.28. The monoisotopic (exact) mass is 482 g/mol. The summed E-state index contributed by atoms with van der Waals surface area (Å²) in [6.45, 7) is 4.28. The number of aryl methyl sites for hydroxylation is 1. The van der Waals surface area contributed by atoms with Crippen LogP contribution in [0.2, 0.25) is 0 Å². The van der Waals surface area contributed by atoms with Gasteiger partial charge in [0.05, 0.1) is 53.8 Å². The van der Waals surface area contributed by atoms with E-state index in [9.17, 15) is 4.79 Å². The van der Waals surface area contributed by atoms with Gasteiger partial charge in [-0.05, 0) is 24.3 Å². The van der Waals surface area contributed by atoms with E-state index in [0.717, 1.165) is 65.5 Å². The standard InChI is InChI=1S/C26H26N8O2/c1-33-7-5-17-16(4-6-28-25(17)33)24-18-11-30-26(35)23(18)20(13-29-24)32-22-3-2-21-19(31-22)12-27-10-15-14-36-9-8-34(15)21/h2-7,13,15,27H,8-12,14H2,1H3,(H,30,35)(H,31,32). The number of carbonyl (C=O) groups excluding carboxylic acids is 1. The summed E-state index contributed by atoms with van der Waals surface area (Å²) in [4.78, 5) is 29.5. The van der Waals surface area contributed by atoms with Crippen molar-refractivity contribution in [3.05, 3.63) is 59.7 Å². The highest BCUT2D eigenvalue weighted by Crippen LogP contribution is 2.36. The summed E-state index contributed by atoms with van der Waals surface area (Å²) in [7, 11) is 1.97. The van der Waals surface area contributed by atoms with Crippen molar-refractivity contribution in [1.82, 2.24) is 30.2 Å². The van der Waals surface area contributed by atoms with Crippen molar-refractivity contribution in [2.24, 2.45) is 7.05 Å². The first-order valence-electron chi connectivity index (χ1n) is 12.2. The minimum atomic E-state index is -0.109. The third-order valence-corrected chi connectivity index (χ3v) is 7.28. The molecule has 3 aliphatic rings. The lowest BCUT2D eigenvalue weighted by Crippen LogP contribution is -2.49. The number of anilines is 3. The Morgan fingerprint density at radius 2 is 2.11 bits per heavy atom. The fourth-order valence-corrected chi connectivity index (χ4v) is 5.53. The van der Waals surface area contributed by atoms with E-state index in [0.29, 0.717) is 36.2 Å². The highest BCUT2D eigenvalue weighted by molar-refractivity contribution is 6.06. The van der Waals surface area contributed by atoms with Crippen molar-refractivity contribution in [2.45, 2.75) is 19.1 Å². The Bertz CT molecular complexity index is 1510. The lowest BCUT2D eigenvalue weighted by atomic mass is 10.0. The van der Waals surface area contributed by atoms with Crippen molar-refractivity contribution in [1.29, 1.82) is 0 Å². The first-order valence-corrected chi connectivity index (χ1v) is 12.2. The number of morpholine rings is 1. The average Bonchev–Trinajstić information content (AvgIpc) is 3.42. The first-order chi connectivity index (χ1) is 17.7. The van der Waals surface area contributed by atoms with Gasteiger partial charge >= 0.3 is 0 Å². The lowest BCUT2D eigenvalue weighted by Gasteiger charge is -2.36. The molecule has 1 unspecified atom stereocenters. The molecule has 7 rings (SSSR count). The molecule has 1 amide bonds. The average molecular weight is 483 g/mol. The van der Waals surface area contributed by atoms with Gasteiger partial charge in [-0.3, -0.25) is 9.78 Å². The Labute approximate surface area is 207 Å². The molecule has 0 spiro atoms. The molecule has 3 aliphatic heterocycles. The second-order valence-electron chi connectivity index (χ2n) is 9.42. The molecule has 0 saturated carbocycles. The zero-order valence-electron chi connectivity index (χ0n) is 19.9. The molecule has 10 heteroatoms. The minimum absolute atomic E-state index is 0.109. The van der Waals surface area contributed by atoms with E-state index in [2.05, 4.69) is 31.9 Å². The van der Waals surface area contributed by atoms with Crippen LogP contribution in [-0.4, -0.2) is 57.8 Å². The molecule has 3 N–H and O–H groups in total. The van der Waals surface area contributed by atoms with Crippen molar-refractivity contribution in [3.8, 4) is 11.3 Å². The van der Waals surface area contributed by atoms with E-state index >= 15 is 0 Å². The number of carbonyl (C=O) groups is 1. The molecule has 0 aliphatic carbocycles. The molecule has 7 heterocycles. The van der Waals surface area contributed by atoms with Gasteiger partial charge in [-0.1, -0.05) is 0 Å². The van der Waals surface area contributed by atoms with Crippen LogP contribution in [-0.2, 0) is 24.9 Å². The highest BCUT2D eigenvalue weighted by atomic mass is 16.5. The number of aromatic nitrogens is 4. The number of fused-ring (bicyclic) bond motifs is 5. The van der Waals surface area contributed by atoms with Crippen LogP contribution in [0.1, 0.15) is 21.6 Å². The number of amides is 1. The summed E-state index contributed by atoms with van der Waals surface area (Å²) >= 11 is 0. The molecule has 1 fully saturated rings. The van der Waals surface area contributed by atoms with Gasteiger partial charge in [-0.2, -0.15) is 0 Å². The smallest absolute Gasteiger partial charge is 0.254 e. The SMILES string of the molecule is Cn1ccc2c(-c3ncc(Nc4ccc5c(n4)CNCC4COCCN54)c4c3CNC4=O)ccnc21. The zero-order valence-corrected chi connectivity index (χ0v) is 19.9. The molecular formula is C26H26N8O2. The first kappa shape index (κ1) is 21.3. The summed E-state index contributed by atoms with van der Waals surface area (Å²) in [6.07, 6.45) is 5.51. The number of rotatable bonds is 3. The maximum absolute atomic E-state index is 12.9. The van der Waals surface area contributed by atoms with Gasteiger partial charge < -0.3 is 30.2 Å². The molecule has 10 nitrogen and oxygen atoms in total. The van der Waals surface area contributed by atoms with Crippen LogP contribution in [0.5, 0.6) is 0 Å². The lowest BCUT2D eigenvalue weighted by molar-refractivity contribution is 0.0946. The summed E-state index contributed by atoms with van der Waals surface area (Å²) in [5.74, 6) is 0.579. The highest BCUT2D eigenvalue weighted by Gasteiger charge is 2.30. The number of nitrogens with one attached hydrogen (secondary N) is 3. The Hall–Kier alpha value is -4.02. The van der Waals surface area contributed by atoms with Gasteiger partial charge in [-0.25, -0.2) is 9.97 Å². The largest absolute Gasteiger partial charge is 0.377 e. The van der Waals surface area contributed by atoms with E-state index in [1.807, 2.05) is 36.0 Å². The molecular weight excluding hydrogens is 456 g/mol. The predicted molar refractivity (Wildman–Crippen MR) is 136 cm³/mol. The normalized spacial score (nSPS) is 18.9. The van der Waals surface area contributed by atoms with Gasteiger partial charge in [0.2, 0.25) is 0 Å². The van der Waals surface area contributed by atoms with E-state index in [4.69, 9.17) is 14.7 Å². The van der Waals surface area contributed by atoms with E-state index < -0.39 is 0 Å². The second kappa shape index (κ2) is 8.28. The van der Waals surface area contributed by atoms with E-state index in [-0.39, 0.29) is 5.91 Å². The molecule has 0 bridgehead atoms. The molecule has 0 aromatic carbocycles. The summed E-state index contributed by atoms with van der Waals surface area (Å²) in [6, 6.07) is 8.39. The molecule has 4 aromatic rings. The van der Waals surface area contributed by atoms with Crippen LogP contribution in [0.15, 0.2) is 42.9 Å². The van der Waals surface area contributed by atoms with Gasteiger partial charge in [0.1, 0.15) is 11.5 Å². The Morgan fingerprint density at radius 3 is 3.06 bits per heavy atom. The Balaban J connectivity index is 1.26. The number of nitrogens with zero attached hydrogens (tertiary/aromatic N) is 5. The predicted octanol–water partition coefficient (Wildman–Crippen LogP) is 2.33. The quantitative estimate of drug-likeness (QED) is 0.408. The molecule has 1 atom stereocenters. The third kappa shape index (κ3) is 3.33. The van der Waals surface area contributed by atoms with Crippen molar-refractivity contribution in [3.63, 3.8) is 0 Å². The molecule has 36 heavy (non-hydrogen) atoms. The van der Waals surface area contributed by atoms with Crippen LogP contribution < -0.4 is 20.9 Å². The van der Waals surface area contributed by atoms with Crippen LogP contribution in [0.25, 0.3) is 22.3 Å². The van der Waals surface area contributed by atoms with Crippen LogP contribution in [0, 0.1) is 0 Å². The fourth-order valence-electron chi connectivity index (χ4n) is 5.53. The van der Waals surface area contributed by atoms with Crippen LogP contribution >= 0.6 is 0 Å².